The van der Waals surface area contributed by atoms with Crippen molar-refractivity contribution in [2.24, 2.45) is 0 Å². The highest BCUT2D eigenvalue weighted by molar-refractivity contribution is 5.82. The van der Waals surface area contributed by atoms with E-state index in [1.165, 1.54) is 0 Å². The van der Waals surface area contributed by atoms with Gasteiger partial charge in [-0.05, 0) is 48.9 Å². The van der Waals surface area contributed by atoms with Gasteiger partial charge in [-0.25, -0.2) is 4.98 Å². The highest BCUT2D eigenvalue weighted by atomic mass is 16.5. The van der Waals surface area contributed by atoms with Gasteiger partial charge in [0.15, 0.2) is 0 Å². The second kappa shape index (κ2) is 9.36. The van der Waals surface area contributed by atoms with Crippen molar-refractivity contribution in [3.63, 3.8) is 0 Å². The van der Waals surface area contributed by atoms with Gasteiger partial charge >= 0.3 is 12.0 Å². The van der Waals surface area contributed by atoms with E-state index in [4.69, 9.17) is 9.47 Å². The maximum absolute atomic E-state index is 11.4. The van der Waals surface area contributed by atoms with Gasteiger partial charge in [-0.15, -0.1) is 0 Å². The average Bonchev–Trinajstić information content (AvgIpc) is 3.60. The van der Waals surface area contributed by atoms with Gasteiger partial charge in [-0.3, -0.25) is 10.1 Å². The molecule has 0 aliphatic heterocycles. The number of hydrogen-bond donors (Lipinski definition) is 2. The number of aromatic nitrogens is 2. The van der Waals surface area contributed by atoms with E-state index < -0.39 is 11.5 Å². The third-order valence-corrected chi connectivity index (χ3v) is 5.75. The zero-order chi connectivity index (χ0) is 22.6. The minimum Gasteiger partial charge on any atom is -0.480 e. The number of carbonyl (C=O) groups is 1. The molecule has 7 nitrogen and oxygen atoms in total. The fourth-order valence-electron chi connectivity index (χ4n) is 3.60. The van der Waals surface area contributed by atoms with Crippen LogP contribution in [0.4, 0.5) is 0 Å². The second-order valence-electron chi connectivity index (χ2n) is 7.90. The number of hydrogen-bond acceptors (Lipinski definition) is 6. The van der Waals surface area contributed by atoms with Crippen LogP contribution < -0.4 is 14.8 Å². The van der Waals surface area contributed by atoms with Gasteiger partial charge in [0.2, 0.25) is 5.88 Å². The molecular weight excluding hydrogens is 406 g/mol. The molecule has 0 amide bonds. The SMILES string of the molecule is CCOc1nc(OCc2cccc(-c3ccccc3)c2C)ncc1CNC1(C(=O)O)CC1. The normalized spacial score (nSPS) is 14.1. The van der Waals surface area contributed by atoms with E-state index in [-0.39, 0.29) is 6.01 Å². The highest BCUT2D eigenvalue weighted by Gasteiger charge is 2.49. The number of carboxylic acids is 1. The average molecular weight is 434 g/mol. The smallest absolute Gasteiger partial charge is 0.323 e. The Morgan fingerprint density at radius 2 is 1.88 bits per heavy atom. The van der Waals surface area contributed by atoms with Crippen molar-refractivity contribution < 1.29 is 19.4 Å². The predicted octanol–water partition coefficient (Wildman–Crippen LogP) is 4.14. The van der Waals surface area contributed by atoms with E-state index in [9.17, 15) is 9.90 Å². The first kappa shape index (κ1) is 21.8. The lowest BCUT2D eigenvalue weighted by molar-refractivity contribution is -0.140. The van der Waals surface area contributed by atoms with Crippen LogP contribution in [0.5, 0.6) is 11.9 Å². The minimum absolute atomic E-state index is 0.223. The van der Waals surface area contributed by atoms with Crippen LogP contribution in [0, 0.1) is 6.92 Å². The number of nitrogens with zero attached hydrogens (tertiary/aromatic N) is 2. The molecule has 0 radical (unpaired) electrons. The van der Waals surface area contributed by atoms with E-state index in [0.29, 0.717) is 44.0 Å². The number of carboxylic acid groups (broad SMARTS) is 1. The molecule has 0 unspecified atom stereocenters. The monoisotopic (exact) mass is 433 g/mol. The third-order valence-electron chi connectivity index (χ3n) is 5.75. The summed E-state index contributed by atoms with van der Waals surface area (Å²) in [6.45, 7) is 5.04. The molecule has 0 saturated heterocycles. The molecule has 1 aromatic heterocycles. The minimum atomic E-state index is -0.833. The first-order valence-corrected chi connectivity index (χ1v) is 10.8. The molecule has 1 fully saturated rings. The van der Waals surface area contributed by atoms with Crippen molar-refractivity contribution in [3.8, 4) is 23.0 Å². The summed E-state index contributed by atoms with van der Waals surface area (Å²) in [7, 11) is 0. The number of nitrogens with one attached hydrogen (secondary N) is 1. The summed E-state index contributed by atoms with van der Waals surface area (Å²) in [5.41, 5.74) is 4.39. The molecule has 0 bridgehead atoms. The fourth-order valence-corrected chi connectivity index (χ4v) is 3.60. The lowest BCUT2D eigenvalue weighted by atomic mass is 9.97. The predicted molar refractivity (Wildman–Crippen MR) is 121 cm³/mol. The van der Waals surface area contributed by atoms with E-state index >= 15 is 0 Å². The largest absolute Gasteiger partial charge is 0.480 e. The fraction of sp³-hybridized carbons (Fsp3) is 0.320. The van der Waals surface area contributed by atoms with Gasteiger partial charge in [-0.1, -0.05) is 48.5 Å². The van der Waals surface area contributed by atoms with Gasteiger partial charge < -0.3 is 14.6 Å². The lowest BCUT2D eigenvalue weighted by Crippen LogP contribution is -2.38. The summed E-state index contributed by atoms with van der Waals surface area (Å²) in [4.78, 5) is 20.1. The zero-order valence-corrected chi connectivity index (χ0v) is 18.3. The van der Waals surface area contributed by atoms with Crippen molar-refractivity contribution in [1.82, 2.24) is 15.3 Å². The van der Waals surface area contributed by atoms with Crippen molar-refractivity contribution >= 4 is 5.97 Å². The van der Waals surface area contributed by atoms with Gasteiger partial charge in [0, 0.05) is 18.3 Å². The Balaban J connectivity index is 1.47. The molecule has 1 saturated carbocycles. The molecule has 7 heteroatoms. The van der Waals surface area contributed by atoms with E-state index in [1.54, 1.807) is 6.20 Å². The van der Waals surface area contributed by atoms with E-state index in [1.807, 2.05) is 37.3 Å². The Morgan fingerprint density at radius 3 is 2.56 bits per heavy atom. The molecule has 1 aliphatic rings. The van der Waals surface area contributed by atoms with Crippen molar-refractivity contribution in [1.29, 1.82) is 0 Å². The van der Waals surface area contributed by atoms with Crippen LogP contribution in [0.2, 0.25) is 0 Å². The molecule has 2 N–H and O–H groups in total. The quantitative estimate of drug-likeness (QED) is 0.496. The molecule has 0 atom stereocenters. The van der Waals surface area contributed by atoms with E-state index in [2.05, 4.69) is 40.4 Å². The van der Waals surface area contributed by atoms with Crippen LogP contribution in [-0.4, -0.2) is 33.2 Å². The maximum Gasteiger partial charge on any atom is 0.323 e. The van der Waals surface area contributed by atoms with Crippen molar-refractivity contribution in [2.45, 2.75) is 45.4 Å². The summed E-state index contributed by atoms with van der Waals surface area (Å²) in [6.07, 6.45) is 2.87. The van der Waals surface area contributed by atoms with Crippen LogP contribution in [0.15, 0.2) is 54.7 Å². The Labute approximate surface area is 187 Å². The first-order chi connectivity index (χ1) is 15.5. The van der Waals surface area contributed by atoms with Gasteiger partial charge in [0.05, 0.1) is 6.61 Å². The highest BCUT2D eigenvalue weighted by Crippen LogP contribution is 2.36. The van der Waals surface area contributed by atoms with Crippen LogP contribution in [0.1, 0.15) is 36.5 Å². The Hall–Kier alpha value is -3.45. The van der Waals surface area contributed by atoms with Gasteiger partial charge in [-0.2, -0.15) is 4.98 Å². The van der Waals surface area contributed by atoms with Crippen LogP contribution in [0.3, 0.4) is 0 Å². The molecule has 1 aliphatic carbocycles. The maximum atomic E-state index is 11.4. The molecule has 166 valence electrons. The second-order valence-corrected chi connectivity index (χ2v) is 7.90. The molecule has 32 heavy (non-hydrogen) atoms. The third kappa shape index (κ3) is 4.73. The van der Waals surface area contributed by atoms with Crippen molar-refractivity contribution in [3.05, 3.63) is 71.4 Å². The van der Waals surface area contributed by atoms with Gasteiger partial charge in [0.25, 0.3) is 0 Å². The summed E-state index contributed by atoms with van der Waals surface area (Å²) in [6, 6.07) is 16.6. The Bertz CT molecular complexity index is 1100. The summed E-state index contributed by atoms with van der Waals surface area (Å²) in [5, 5.41) is 12.4. The molecule has 1 heterocycles. The number of aliphatic carboxylic acids is 1. The summed E-state index contributed by atoms with van der Waals surface area (Å²) in [5.74, 6) is -0.426. The Kier molecular flexibility index (Phi) is 6.37. The lowest BCUT2D eigenvalue weighted by Gasteiger charge is -2.15. The number of rotatable bonds is 10. The molecule has 0 spiro atoms. The molecule has 4 rings (SSSR count). The Morgan fingerprint density at radius 1 is 1.09 bits per heavy atom. The number of ether oxygens (including phenoxy) is 2. The topological polar surface area (TPSA) is 93.6 Å². The zero-order valence-electron chi connectivity index (χ0n) is 18.3. The molecular formula is C25H27N3O4. The molecule has 2 aromatic carbocycles. The standard InChI is InChI=1S/C25H27N3O4/c1-3-31-22-20(15-27-25(12-13-25)23(29)30)14-26-24(28-22)32-16-19-10-7-11-21(17(19)2)18-8-5-4-6-9-18/h4-11,14,27H,3,12-13,15-16H2,1-2H3,(H,29,30). The van der Waals surface area contributed by atoms with E-state index in [0.717, 1.165) is 22.3 Å². The van der Waals surface area contributed by atoms with Crippen molar-refractivity contribution in [2.75, 3.05) is 6.61 Å². The number of benzene rings is 2. The van der Waals surface area contributed by atoms with Gasteiger partial charge in [0.1, 0.15) is 12.1 Å². The molecule has 3 aromatic rings. The van der Waals surface area contributed by atoms with Crippen LogP contribution in [0.25, 0.3) is 11.1 Å². The first-order valence-electron chi connectivity index (χ1n) is 10.8. The van der Waals surface area contributed by atoms with Crippen LogP contribution in [-0.2, 0) is 17.9 Å². The summed E-state index contributed by atoms with van der Waals surface area (Å²) >= 11 is 0. The van der Waals surface area contributed by atoms with Crippen LogP contribution >= 0.6 is 0 Å². The summed E-state index contributed by atoms with van der Waals surface area (Å²) < 4.78 is 11.5.